The fraction of sp³-hybridized carbons (Fsp3) is 0.0667. The van der Waals surface area contributed by atoms with Crippen molar-refractivity contribution in [1.82, 2.24) is 9.97 Å². The van der Waals surface area contributed by atoms with Gasteiger partial charge in [-0.15, -0.1) is 0 Å². The lowest BCUT2D eigenvalue weighted by molar-refractivity contribution is 0.579. The number of furan rings is 1. The maximum Gasteiger partial charge on any atom is 0.159 e. The van der Waals surface area contributed by atoms with Crippen LogP contribution < -0.4 is 5.73 Å². The number of hydrogen-bond donors (Lipinski definition) is 1. The molecule has 0 aliphatic heterocycles. The van der Waals surface area contributed by atoms with E-state index >= 15 is 0 Å². The van der Waals surface area contributed by atoms with Crippen LogP contribution in [0, 0.1) is 0 Å². The van der Waals surface area contributed by atoms with Gasteiger partial charge in [0.25, 0.3) is 0 Å². The van der Waals surface area contributed by atoms with Gasteiger partial charge in [0.1, 0.15) is 5.69 Å². The first-order valence-corrected chi connectivity index (χ1v) is 6.04. The molecule has 0 saturated heterocycles. The number of rotatable bonds is 3. The third-order valence-corrected chi connectivity index (χ3v) is 2.87. The Morgan fingerprint density at radius 3 is 2.58 bits per heavy atom. The molecular weight excluding hydrogens is 238 g/mol. The van der Waals surface area contributed by atoms with Crippen LogP contribution in [0.4, 0.5) is 0 Å². The van der Waals surface area contributed by atoms with E-state index in [1.807, 2.05) is 42.5 Å². The molecule has 2 N–H and O–H groups in total. The largest absolute Gasteiger partial charge is 0.463 e. The zero-order valence-corrected chi connectivity index (χ0v) is 10.3. The SMILES string of the molecule is NCc1cnc(-c2ccccc2)nc1-c1ccco1. The molecule has 1 aromatic carbocycles. The summed E-state index contributed by atoms with van der Waals surface area (Å²) in [7, 11) is 0. The Labute approximate surface area is 110 Å². The first-order chi connectivity index (χ1) is 9.38. The highest BCUT2D eigenvalue weighted by Crippen LogP contribution is 2.24. The van der Waals surface area contributed by atoms with Crippen LogP contribution in [0.5, 0.6) is 0 Å². The highest BCUT2D eigenvalue weighted by Gasteiger charge is 2.11. The van der Waals surface area contributed by atoms with E-state index in [0.29, 0.717) is 18.1 Å². The molecule has 0 spiro atoms. The van der Waals surface area contributed by atoms with Crippen molar-refractivity contribution in [2.24, 2.45) is 5.73 Å². The molecule has 0 radical (unpaired) electrons. The molecule has 3 rings (SSSR count). The standard InChI is InChI=1S/C15H13N3O/c16-9-12-10-17-15(11-5-2-1-3-6-11)18-14(12)13-7-4-8-19-13/h1-8,10H,9,16H2. The Bertz CT molecular complexity index is 663. The second-order valence-electron chi connectivity index (χ2n) is 4.11. The van der Waals surface area contributed by atoms with E-state index in [9.17, 15) is 0 Å². The fourth-order valence-electron chi connectivity index (χ4n) is 1.91. The number of benzene rings is 1. The average Bonchev–Trinajstić information content (AvgIpc) is 3.01. The van der Waals surface area contributed by atoms with Gasteiger partial charge < -0.3 is 10.2 Å². The lowest BCUT2D eigenvalue weighted by Gasteiger charge is -2.06. The lowest BCUT2D eigenvalue weighted by Crippen LogP contribution is -2.03. The van der Waals surface area contributed by atoms with Crippen LogP contribution in [0.25, 0.3) is 22.8 Å². The maximum atomic E-state index is 5.72. The van der Waals surface area contributed by atoms with Gasteiger partial charge in [0.15, 0.2) is 11.6 Å². The second-order valence-corrected chi connectivity index (χ2v) is 4.11. The quantitative estimate of drug-likeness (QED) is 0.777. The molecule has 2 aromatic heterocycles. The van der Waals surface area contributed by atoms with Gasteiger partial charge in [-0.2, -0.15) is 0 Å². The minimum atomic E-state index is 0.380. The topological polar surface area (TPSA) is 64.9 Å². The zero-order valence-electron chi connectivity index (χ0n) is 10.3. The minimum Gasteiger partial charge on any atom is -0.463 e. The molecule has 4 heteroatoms. The zero-order chi connectivity index (χ0) is 13.1. The molecule has 0 bridgehead atoms. The molecule has 0 amide bonds. The van der Waals surface area contributed by atoms with Crippen molar-refractivity contribution in [3.05, 3.63) is 60.5 Å². The third-order valence-electron chi connectivity index (χ3n) is 2.87. The number of hydrogen-bond acceptors (Lipinski definition) is 4. The van der Waals surface area contributed by atoms with Crippen LogP contribution in [0.15, 0.2) is 59.3 Å². The summed E-state index contributed by atoms with van der Waals surface area (Å²) in [5, 5.41) is 0. The monoisotopic (exact) mass is 251 g/mol. The molecule has 0 unspecified atom stereocenters. The van der Waals surface area contributed by atoms with Crippen molar-refractivity contribution in [1.29, 1.82) is 0 Å². The summed E-state index contributed by atoms with van der Waals surface area (Å²) in [5.74, 6) is 1.38. The average molecular weight is 251 g/mol. The van der Waals surface area contributed by atoms with Gasteiger partial charge in [-0.25, -0.2) is 9.97 Å². The van der Waals surface area contributed by atoms with Gasteiger partial charge in [-0.1, -0.05) is 30.3 Å². The summed E-state index contributed by atoms with van der Waals surface area (Å²) < 4.78 is 5.41. The molecule has 2 heterocycles. The summed E-state index contributed by atoms with van der Waals surface area (Å²) >= 11 is 0. The Kier molecular flexibility index (Phi) is 3.08. The molecule has 0 atom stereocenters. The Balaban J connectivity index is 2.13. The van der Waals surface area contributed by atoms with E-state index in [1.165, 1.54) is 0 Å². The van der Waals surface area contributed by atoms with Gasteiger partial charge >= 0.3 is 0 Å². The van der Waals surface area contributed by atoms with Crippen molar-refractivity contribution in [3.63, 3.8) is 0 Å². The predicted octanol–water partition coefficient (Wildman–Crippen LogP) is 2.86. The molecule has 0 saturated carbocycles. The molecule has 0 aliphatic rings. The van der Waals surface area contributed by atoms with Crippen LogP contribution in [-0.2, 0) is 6.54 Å². The van der Waals surface area contributed by atoms with E-state index < -0.39 is 0 Å². The van der Waals surface area contributed by atoms with Crippen LogP contribution in [0.3, 0.4) is 0 Å². The number of aromatic nitrogens is 2. The second kappa shape index (κ2) is 5.04. The Hall–Kier alpha value is -2.46. The summed E-state index contributed by atoms with van der Waals surface area (Å²) in [5.41, 5.74) is 8.32. The van der Waals surface area contributed by atoms with Gasteiger partial charge in [0.05, 0.1) is 6.26 Å². The van der Waals surface area contributed by atoms with Crippen molar-refractivity contribution in [3.8, 4) is 22.8 Å². The lowest BCUT2D eigenvalue weighted by atomic mass is 10.1. The van der Waals surface area contributed by atoms with E-state index in [2.05, 4.69) is 9.97 Å². The van der Waals surface area contributed by atoms with Crippen LogP contribution in [0.2, 0.25) is 0 Å². The highest BCUT2D eigenvalue weighted by molar-refractivity contribution is 5.62. The molecule has 4 nitrogen and oxygen atoms in total. The normalized spacial score (nSPS) is 10.6. The van der Waals surface area contributed by atoms with Crippen molar-refractivity contribution < 1.29 is 4.42 Å². The Morgan fingerprint density at radius 2 is 1.89 bits per heavy atom. The predicted molar refractivity (Wildman–Crippen MR) is 73.1 cm³/mol. The van der Waals surface area contributed by atoms with Crippen molar-refractivity contribution in [2.75, 3.05) is 0 Å². The summed E-state index contributed by atoms with van der Waals surface area (Å²) in [4.78, 5) is 8.93. The van der Waals surface area contributed by atoms with E-state index in [0.717, 1.165) is 16.8 Å². The van der Waals surface area contributed by atoms with Gasteiger partial charge in [0, 0.05) is 23.9 Å². The van der Waals surface area contributed by atoms with Gasteiger partial charge in [-0.3, -0.25) is 0 Å². The molecule has 0 aliphatic carbocycles. The molecule has 3 aromatic rings. The van der Waals surface area contributed by atoms with E-state index in [4.69, 9.17) is 10.2 Å². The molecular formula is C15H13N3O. The summed E-state index contributed by atoms with van der Waals surface area (Å²) in [6.45, 7) is 0.380. The van der Waals surface area contributed by atoms with Crippen LogP contribution in [-0.4, -0.2) is 9.97 Å². The summed E-state index contributed by atoms with van der Waals surface area (Å²) in [6.07, 6.45) is 3.38. The maximum absolute atomic E-state index is 5.72. The van der Waals surface area contributed by atoms with E-state index in [1.54, 1.807) is 12.5 Å². The minimum absolute atomic E-state index is 0.380. The number of nitrogens with zero attached hydrogens (tertiary/aromatic N) is 2. The Morgan fingerprint density at radius 1 is 1.05 bits per heavy atom. The van der Waals surface area contributed by atoms with Crippen molar-refractivity contribution >= 4 is 0 Å². The van der Waals surface area contributed by atoms with Crippen molar-refractivity contribution in [2.45, 2.75) is 6.54 Å². The summed E-state index contributed by atoms with van der Waals surface area (Å²) in [6, 6.07) is 13.5. The highest BCUT2D eigenvalue weighted by atomic mass is 16.3. The first-order valence-electron chi connectivity index (χ1n) is 6.04. The smallest absolute Gasteiger partial charge is 0.159 e. The van der Waals surface area contributed by atoms with E-state index in [-0.39, 0.29) is 0 Å². The van der Waals surface area contributed by atoms with Gasteiger partial charge in [0.2, 0.25) is 0 Å². The van der Waals surface area contributed by atoms with Gasteiger partial charge in [-0.05, 0) is 12.1 Å². The molecule has 19 heavy (non-hydrogen) atoms. The molecule has 0 fully saturated rings. The molecule has 94 valence electrons. The third kappa shape index (κ3) is 2.26. The van der Waals surface area contributed by atoms with Crippen LogP contribution >= 0.6 is 0 Å². The first kappa shape index (κ1) is 11.6. The number of nitrogens with two attached hydrogens (primary N) is 1. The fourth-order valence-corrected chi connectivity index (χ4v) is 1.91. The van der Waals surface area contributed by atoms with Crippen LogP contribution in [0.1, 0.15) is 5.56 Å².